The van der Waals surface area contributed by atoms with Crippen molar-refractivity contribution in [3.63, 3.8) is 0 Å². The van der Waals surface area contributed by atoms with Crippen LogP contribution in [0.1, 0.15) is 118 Å². The normalized spacial score (nSPS) is 20.7. The smallest absolute Gasteiger partial charge is 0.359 e. The molecule has 0 bridgehead atoms. The Bertz CT molecular complexity index is 768. The van der Waals surface area contributed by atoms with Crippen molar-refractivity contribution < 1.29 is 21.6 Å². The summed E-state index contributed by atoms with van der Waals surface area (Å²) < 4.78 is 48.5. The SMILES string of the molecule is CCCCCCCCCCCC1CCC(S(=O)(=O)C(=[N+]=[N-])S(=O)(=O)C(C)(C)C)CC1. The Hall–Kier alpha value is -0.720. The van der Waals surface area contributed by atoms with Crippen molar-refractivity contribution in [2.45, 2.75) is 128 Å². The van der Waals surface area contributed by atoms with Gasteiger partial charge in [0.2, 0.25) is 0 Å². The fourth-order valence-corrected chi connectivity index (χ4v) is 8.45. The number of rotatable bonds is 11. The molecule has 30 heavy (non-hydrogen) atoms. The highest BCUT2D eigenvalue weighted by molar-refractivity contribution is 8.31. The van der Waals surface area contributed by atoms with E-state index in [9.17, 15) is 22.4 Å². The van der Waals surface area contributed by atoms with Crippen LogP contribution in [0.25, 0.3) is 5.53 Å². The van der Waals surface area contributed by atoms with Gasteiger partial charge in [-0.1, -0.05) is 71.1 Å². The molecule has 0 amide bonds. The van der Waals surface area contributed by atoms with Crippen LogP contribution < -0.4 is 0 Å². The molecule has 0 saturated heterocycles. The third kappa shape index (κ3) is 7.76. The Morgan fingerprint density at radius 3 is 1.73 bits per heavy atom. The van der Waals surface area contributed by atoms with Crippen molar-refractivity contribution in [1.29, 1.82) is 0 Å². The molecule has 0 spiro atoms. The average Bonchev–Trinajstić information content (AvgIpc) is 2.66. The number of nitrogens with zero attached hydrogens (tertiary/aromatic N) is 2. The van der Waals surface area contributed by atoms with Crippen LogP contribution in [-0.4, -0.2) is 36.0 Å². The molecule has 1 fully saturated rings. The Balaban J connectivity index is 2.44. The van der Waals surface area contributed by atoms with Crippen LogP contribution in [0.4, 0.5) is 0 Å². The second-order valence-electron chi connectivity index (χ2n) is 9.79. The molecule has 0 aromatic rings. The van der Waals surface area contributed by atoms with E-state index in [2.05, 4.69) is 11.7 Å². The molecule has 0 unspecified atom stereocenters. The summed E-state index contributed by atoms with van der Waals surface area (Å²) in [6.45, 7) is 6.46. The highest BCUT2D eigenvalue weighted by Gasteiger charge is 2.52. The molecule has 1 rings (SSSR count). The molecule has 1 aliphatic carbocycles. The third-order valence-corrected chi connectivity index (χ3v) is 11.7. The zero-order valence-electron chi connectivity index (χ0n) is 19.4. The first-order valence-electron chi connectivity index (χ1n) is 11.7. The van der Waals surface area contributed by atoms with Gasteiger partial charge in [-0.15, -0.1) is 4.79 Å². The van der Waals surface area contributed by atoms with Gasteiger partial charge in [0.1, 0.15) is 0 Å². The van der Waals surface area contributed by atoms with E-state index in [-0.39, 0.29) is 0 Å². The lowest BCUT2D eigenvalue weighted by atomic mass is 9.85. The summed E-state index contributed by atoms with van der Waals surface area (Å²) in [6.07, 6.45) is 15.2. The Morgan fingerprint density at radius 2 is 1.30 bits per heavy atom. The van der Waals surface area contributed by atoms with Crippen molar-refractivity contribution >= 4 is 24.1 Å². The largest absolute Gasteiger partial charge is 0.495 e. The van der Waals surface area contributed by atoms with E-state index in [4.69, 9.17) is 0 Å². The van der Waals surface area contributed by atoms with E-state index in [1.54, 1.807) is 0 Å². The molecule has 1 aliphatic rings. The van der Waals surface area contributed by atoms with Gasteiger partial charge >= 0.3 is 4.38 Å². The summed E-state index contributed by atoms with van der Waals surface area (Å²) >= 11 is 0. The maximum Gasteiger partial charge on any atom is 0.495 e. The molecular weight excluding hydrogens is 420 g/mol. The summed E-state index contributed by atoms with van der Waals surface area (Å²) in [4.78, 5) is 2.73. The first kappa shape index (κ1) is 27.3. The summed E-state index contributed by atoms with van der Waals surface area (Å²) in [5.41, 5.74) is 9.22. The van der Waals surface area contributed by atoms with Crippen LogP contribution >= 0.6 is 0 Å². The molecule has 0 atom stereocenters. The summed E-state index contributed by atoms with van der Waals surface area (Å²) in [5, 5.41) is -0.778. The van der Waals surface area contributed by atoms with Crippen LogP contribution in [0.3, 0.4) is 0 Å². The van der Waals surface area contributed by atoms with Gasteiger partial charge in [0.05, 0.1) is 10.00 Å². The van der Waals surface area contributed by atoms with E-state index in [0.717, 1.165) is 19.3 Å². The summed E-state index contributed by atoms with van der Waals surface area (Å²) in [7, 11) is -8.40. The van der Waals surface area contributed by atoms with Crippen molar-refractivity contribution in [2.75, 3.05) is 0 Å². The number of sulfone groups is 2. The molecule has 6 nitrogen and oxygen atoms in total. The van der Waals surface area contributed by atoms with Gasteiger partial charge in [-0.25, -0.2) is 16.8 Å². The standard InChI is InChI=1S/C22H42N2O4S2/c1-5-6-7-8-9-10-11-12-13-14-19-15-17-20(18-16-19)29(25,26)21(24-23)30(27,28)22(2,3)4/h19-20H,5-18H2,1-4H3. The van der Waals surface area contributed by atoms with Gasteiger partial charge < -0.3 is 5.53 Å². The molecule has 176 valence electrons. The van der Waals surface area contributed by atoms with Crippen LogP contribution in [-0.2, 0) is 19.7 Å². The maximum atomic E-state index is 12.9. The number of unbranched alkanes of at least 4 members (excludes halogenated alkanes) is 8. The van der Waals surface area contributed by atoms with E-state index < -0.39 is 34.0 Å². The van der Waals surface area contributed by atoms with Gasteiger partial charge in [0, 0.05) is 0 Å². The van der Waals surface area contributed by atoms with Crippen LogP contribution in [0.15, 0.2) is 0 Å². The van der Waals surface area contributed by atoms with Gasteiger partial charge in [0.25, 0.3) is 19.7 Å². The summed E-state index contributed by atoms with van der Waals surface area (Å²) in [6, 6.07) is 0. The quantitative estimate of drug-likeness (QED) is 0.129. The van der Waals surface area contributed by atoms with Gasteiger partial charge in [-0.05, 0) is 52.4 Å². The summed E-state index contributed by atoms with van der Waals surface area (Å²) in [5.74, 6) is 0.509. The molecule has 0 radical (unpaired) electrons. The molecule has 8 heteroatoms. The topological polar surface area (TPSA) is 105 Å². The second kappa shape index (κ2) is 12.4. The lowest BCUT2D eigenvalue weighted by Gasteiger charge is -2.27. The van der Waals surface area contributed by atoms with Gasteiger partial charge in [-0.3, -0.25) is 0 Å². The molecule has 0 aliphatic heterocycles. The first-order chi connectivity index (χ1) is 14.0. The molecule has 0 aromatic heterocycles. The Kier molecular flexibility index (Phi) is 11.2. The van der Waals surface area contributed by atoms with Crippen LogP contribution in [0.5, 0.6) is 0 Å². The predicted octanol–water partition coefficient (Wildman–Crippen LogP) is 5.68. The fraction of sp³-hybridized carbons (Fsp3) is 0.955. The molecule has 0 N–H and O–H groups in total. The van der Waals surface area contributed by atoms with E-state index in [0.29, 0.717) is 18.8 Å². The maximum absolute atomic E-state index is 12.9. The first-order valence-corrected chi connectivity index (χ1v) is 14.7. The lowest BCUT2D eigenvalue weighted by Crippen LogP contribution is -2.43. The predicted molar refractivity (Wildman–Crippen MR) is 124 cm³/mol. The van der Waals surface area contributed by atoms with Gasteiger partial charge in [-0.2, -0.15) is 0 Å². The van der Waals surface area contributed by atoms with Crippen molar-refractivity contribution in [3.8, 4) is 0 Å². The van der Waals surface area contributed by atoms with Crippen molar-refractivity contribution in [1.82, 2.24) is 0 Å². The van der Waals surface area contributed by atoms with Gasteiger partial charge in [0.15, 0.2) is 0 Å². The van der Waals surface area contributed by atoms with Crippen molar-refractivity contribution in [3.05, 3.63) is 5.53 Å². The van der Waals surface area contributed by atoms with E-state index >= 15 is 0 Å². The molecule has 0 heterocycles. The minimum atomic E-state index is -4.23. The Labute approximate surface area is 184 Å². The zero-order valence-corrected chi connectivity index (χ0v) is 21.0. The highest BCUT2D eigenvalue weighted by Crippen LogP contribution is 2.34. The average molecular weight is 463 g/mol. The van der Waals surface area contributed by atoms with E-state index in [1.807, 2.05) is 0 Å². The van der Waals surface area contributed by atoms with Crippen LogP contribution in [0, 0.1) is 5.92 Å². The van der Waals surface area contributed by atoms with E-state index in [1.165, 1.54) is 78.6 Å². The number of hydrogen-bond acceptors (Lipinski definition) is 4. The van der Waals surface area contributed by atoms with Crippen LogP contribution in [0.2, 0.25) is 0 Å². The lowest BCUT2D eigenvalue weighted by molar-refractivity contribution is 0.00355. The second-order valence-corrected chi connectivity index (χ2v) is 14.8. The fourth-order valence-electron chi connectivity index (χ4n) is 4.14. The molecule has 0 aromatic carbocycles. The molecule has 1 saturated carbocycles. The molecular formula is C22H42N2O4S2. The third-order valence-electron chi connectivity index (χ3n) is 6.31. The van der Waals surface area contributed by atoms with Crippen molar-refractivity contribution in [2.24, 2.45) is 5.92 Å². The monoisotopic (exact) mass is 462 g/mol. The highest BCUT2D eigenvalue weighted by atomic mass is 32.3. The minimum absolute atomic E-state index is 0.434. The number of hydrogen-bond donors (Lipinski definition) is 0. The minimum Gasteiger partial charge on any atom is -0.359 e. The Morgan fingerprint density at radius 1 is 0.833 bits per heavy atom. The zero-order chi connectivity index (χ0) is 22.8.